The van der Waals surface area contributed by atoms with Crippen LogP contribution in [0.2, 0.25) is 0 Å². The number of halogens is 1. The first-order valence-electron chi connectivity index (χ1n) is 13.2. The lowest BCUT2D eigenvalue weighted by Gasteiger charge is -2.31. The van der Waals surface area contributed by atoms with Gasteiger partial charge in [0.2, 0.25) is 11.8 Å². The van der Waals surface area contributed by atoms with Crippen molar-refractivity contribution in [3.63, 3.8) is 0 Å². The molecule has 208 valence electrons. The molecule has 2 aliphatic heterocycles. The lowest BCUT2D eigenvalue weighted by Crippen LogP contribution is -2.41. The van der Waals surface area contributed by atoms with Crippen molar-refractivity contribution in [2.24, 2.45) is 11.7 Å². The van der Waals surface area contributed by atoms with Crippen molar-refractivity contribution in [3.8, 4) is 5.75 Å². The number of nitrogens with two attached hydrogens (primary N) is 1. The van der Waals surface area contributed by atoms with Crippen LogP contribution in [0.3, 0.4) is 0 Å². The van der Waals surface area contributed by atoms with Crippen molar-refractivity contribution < 1.29 is 23.5 Å². The number of likely N-dealkylation sites (tertiary alicyclic amines) is 1. The second kappa shape index (κ2) is 13.0. The van der Waals surface area contributed by atoms with Gasteiger partial charge in [-0.05, 0) is 107 Å². The number of thiocarbonyl (C=S) groups is 1. The zero-order valence-corrected chi connectivity index (χ0v) is 22.8. The molecule has 2 saturated heterocycles. The maximum Gasteiger partial charge on any atom is 0.256 e. The standard InChI is InChI=1S/C28H34FN5O4S/c1-2-38-23-10-6-21(7-11-23)31-25(35)18-24-27(37)34(22-8-4-20(29)5-9-22)28(39)33(24)15-3-14-32-16-12-19(13-17-32)26(30)36/h4-11,19,24H,2-3,12-18H2,1H3,(H2,30,36)(H,31,35). The Kier molecular flexibility index (Phi) is 9.47. The van der Waals surface area contributed by atoms with Crippen LogP contribution in [0.15, 0.2) is 48.5 Å². The largest absolute Gasteiger partial charge is 0.494 e. The van der Waals surface area contributed by atoms with E-state index < -0.39 is 11.9 Å². The van der Waals surface area contributed by atoms with Gasteiger partial charge in [-0.15, -0.1) is 0 Å². The highest BCUT2D eigenvalue weighted by Crippen LogP contribution is 2.28. The average Bonchev–Trinajstić information content (AvgIpc) is 3.14. The van der Waals surface area contributed by atoms with Gasteiger partial charge in [0.25, 0.3) is 5.91 Å². The van der Waals surface area contributed by atoms with E-state index in [1.807, 2.05) is 6.92 Å². The number of hydrogen-bond donors (Lipinski definition) is 2. The van der Waals surface area contributed by atoms with Crippen molar-refractivity contribution in [1.82, 2.24) is 9.80 Å². The van der Waals surface area contributed by atoms with Gasteiger partial charge in [0, 0.05) is 18.2 Å². The summed E-state index contributed by atoms with van der Waals surface area (Å²) in [5, 5.41) is 3.14. The van der Waals surface area contributed by atoms with Gasteiger partial charge in [-0.1, -0.05) is 0 Å². The number of nitrogens with one attached hydrogen (secondary N) is 1. The van der Waals surface area contributed by atoms with E-state index in [0.29, 0.717) is 36.7 Å². The second-order valence-corrected chi connectivity index (χ2v) is 10.1. The first kappa shape index (κ1) is 28.4. The third kappa shape index (κ3) is 7.10. The number of rotatable bonds is 11. The molecule has 0 saturated carbocycles. The fourth-order valence-electron chi connectivity index (χ4n) is 5.01. The number of primary amides is 1. The topological polar surface area (TPSA) is 108 Å². The summed E-state index contributed by atoms with van der Waals surface area (Å²) in [6.45, 7) is 5.24. The highest BCUT2D eigenvalue weighted by Gasteiger charge is 2.44. The van der Waals surface area contributed by atoms with Crippen molar-refractivity contribution in [3.05, 3.63) is 54.3 Å². The predicted octanol–water partition coefficient (Wildman–Crippen LogP) is 3.14. The number of carbonyl (C=O) groups is 3. The van der Waals surface area contributed by atoms with E-state index in [1.165, 1.54) is 29.2 Å². The monoisotopic (exact) mass is 555 g/mol. The summed E-state index contributed by atoms with van der Waals surface area (Å²) in [7, 11) is 0. The Morgan fingerprint density at radius 2 is 1.74 bits per heavy atom. The zero-order chi connectivity index (χ0) is 27.9. The normalized spacial score (nSPS) is 18.5. The molecule has 0 spiro atoms. The summed E-state index contributed by atoms with van der Waals surface area (Å²) >= 11 is 5.69. The molecule has 1 unspecified atom stereocenters. The van der Waals surface area contributed by atoms with Crippen molar-refractivity contribution >= 4 is 46.4 Å². The van der Waals surface area contributed by atoms with Gasteiger partial charge >= 0.3 is 0 Å². The SMILES string of the molecule is CCOc1ccc(NC(=O)CC2C(=O)N(c3ccc(F)cc3)C(=S)N2CCCN2CCC(C(N)=O)CC2)cc1. The van der Waals surface area contributed by atoms with E-state index in [0.717, 1.165) is 32.5 Å². The average molecular weight is 556 g/mol. The lowest BCUT2D eigenvalue weighted by molar-refractivity contribution is -0.124. The van der Waals surface area contributed by atoms with Crippen LogP contribution in [-0.2, 0) is 14.4 Å². The molecule has 0 aliphatic carbocycles. The summed E-state index contributed by atoms with van der Waals surface area (Å²) in [6, 6.07) is 11.8. The molecule has 4 rings (SSSR count). The Balaban J connectivity index is 1.42. The molecule has 0 radical (unpaired) electrons. The molecule has 2 heterocycles. The number of benzene rings is 2. The molecule has 0 aromatic heterocycles. The van der Waals surface area contributed by atoms with Crippen LogP contribution >= 0.6 is 12.2 Å². The van der Waals surface area contributed by atoms with Crippen molar-refractivity contribution in [2.75, 3.05) is 43.0 Å². The van der Waals surface area contributed by atoms with Gasteiger partial charge in [0.05, 0.1) is 18.7 Å². The van der Waals surface area contributed by atoms with E-state index in [9.17, 15) is 18.8 Å². The van der Waals surface area contributed by atoms with Gasteiger partial charge in [-0.25, -0.2) is 4.39 Å². The minimum absolute atomic E-state index is 0.0763. The molecule has 39 heavy (non-hydrogen) atoms. The number of ether oxygens (including phenoxy) is 1. The minimum Gasteiger partial charge on any atom is -0.494 e. The summed E-state index contributed by atoms with van der Waals surface area (Å²) in [6.07, 6.45) is 2.10. The molecule has 2 aliphatic rings. The molecular weight excluding hydrogens is 521 g/mol. The Bertz CT molecular complexity index is 1190. The first-order valence-corrected chi connectivity index (χ1v) is 13.6. The number of anilines is 2. The van der Waals surface area contributed by atoms with Gasteiger partial charge in [0.1, 0.15) is 17.6 Å². The van der Waals surface area contributed by atoms with E-state index in [-0.39, 0.29) is 35.2 Å². The summed E-state index contributed by atoms with van der Waals surface area (Å²) in [5.41, 5.74) is 6.49. The Morgan fingerprint density at radius 1 is 1.08 bits per heavy atom. The number of carbonyl (C=O) groups excluding carboxylic acids is 3. The number of piperidine rings is 1. The summed E-state index contributed by atoms with van der Waals surface area (Å²) < 4.78 is 19.0. The van der Waals surface area contributed by atoms with Gasteiger partial charge < -0.3 is 25.6 Å². The number of nitrogens with zero attached hydrogens (tertiary/aromatic N) is 3. The molecule has 1 atom stereocenters. The summed E-state index contributed by atoms with van der Waals surface area (Å²) in [5.74, 6) is -0.683. The molecule has 2 aromatic carbocycles. The quantitative estimate of drug-likeness (QED) is 0.410. The summed E-state index contributed by atoms with van der Waals surface area (Å²) in [4.78, 5) is 43.4. The lowest BCUT2D eigenvalue weighted by atomic mass is 9.96. The van der Waals surface area contributed by atoms with E-state index in [2.05, 4.69) is 10.2 Å². The van der Waals surface area contributed by atoms with E-state index in [4.69, 9.17) is 22.7 Å². The van der Waals surface area contributed by atoms with Gasteiger partial charge in [-0.2, -0.15) is 0 Å². The zero-order valence-electron chi connectivity index (χ0n) is 22.0. The molecular formula is C28H34FN5O4S. The van der Waals surface area contributed by atoms with Gasteiger partial charge in [-0.3, -0.25) is 19.3 Å². The Hall–Kier alpha value is -3.57. The number of hydrogen-bond acceptors (Lipinski definition) is 6. The highest BCUT2D eigenvalue weighted by molar-refractivity contribution is 7.80. The fourth-order valence-corrected chi connectivity index (χ4v) is 5.42. The predicted molar refractivity (Wildman–Crippen MR) is 151 cm³/mol. The van der Waals surface area contributed by atoms with Crippen LogP contribution in [0.1, 0.15) is 32.6 Å². The third-order valence-corrected chi connectivity index (χ3v) is 7.51. The third-order valence-electron chi connectivity index (χ3n) is 7.09. The van der Waals surface area contributed by atoms with Crippen LogP contribution in [0.4, 0.5) is 15.8 Å². The molecule has 11 heteroatoms. The number of amides is 3. The molecule has 2 fully saturated rings. The van der Waals surface area contributed by atoms with Crippen molar-refractivity contribution in [2.45, 2.75) is 38.6 Å². The highest BCUT2D eigenvalue weighted by atomic mass is 32.1. The Labute approximate surface area is 233 Å². The molecule has 0 bridgehead atoms. The van der Waals surface area contributed by atoms with Crippen LogP contribution in [0.5, 0.6) is 5.75 Å². The van der Waals surface area contributed by atoms with E-state index in [1.54, 1.807) is 29.2 Å². The molecule has 2 aromatic rings. The second-order valence-electron chi connectivity index (χ2n) is 9.72. The first-order chi connectivity index (χ1) is 18.8. The van der Waals surface area contributed by atoms with Crippen LogP contribution in [0.25, 0.3) is 0 Å². The van der Waals surface area contributed by atoms with Crippen molar-refractivity contribution in [1.29, 1.82) is 0 Å². The molecule has 3 N–H and O–H groups in total. The van der Waals surface area contributed by atoms with Crippen LogP contribution < -0.4 is 20.7 Å². The van der Waals surface area contributed by atoms with Crippen LogP contribution in [0, 0.1) is 11.7 Å². The minimum atomic E-state index is -0.786. The smallest absolute Gasteiger partial charge is 0.256 e. The van der Waals surface area contributed by atoms with Gasteiger partial charge in [0.15, 0.2) is 5.11 Å². The maximum atomic E-state index is 13.5. The Morgan fingerprint density at radius 3 is 2.36 bits per heavy atom. The molecule has 9 nitrogen and oxygen atoms in total. The fraction of sp³-hybridized carbons (Fsp3) is 0.429. The van der Waals surface area contributed by atoms with Crippen LogP contribution in [-0.4, -0.2) is 71.5 Å². The van der Waals surface area contributed by atoms with E-state index >= 15 is 0 Å². The maximum absolute atomic E-state index is 13.5. The molecule has 3 amide bonds.